The van der Waals surface area contributed by atoms with Gasteiger partial charge in [-0.05, 0) is 42.5 Å². The largest absolute Gasteiger partial charge is 0.573 e. The van der Waals surface area contributed by atoms with Gasteiger partial charge in [-0.2, -0.15) is 5.10 Å². The molecular weight excluding hydrogens is 401 g/mol. The summed E-state index contributed by atoms with van der Waals surface area (Å²) in [5.74, 6) is -0.632. The fraction of sp³-hybridized carbons (Fsp3) is 0.200. The van der Waals surface area contributed by atoms with Crippen molar-refractivity contribution in [1.82, 2.24) is 19.7 Å². The lowest BCUT2D eigenvalue weighted by Gasteiger charge is -2.11. The molecular formula is C20H17F3N4O3. The molecule has 2 aromatic carbocycles. The van der Waals surface area contributed by atoms with Gasteiger partial charge in [0, 0.05) is 41.8 Å². The molecule has 2 heterocycles. The number of aliphatic hydroxyl groups is 1. The number of carbonyl (C=O) groups is 1. The van der Waals surface area contributed by atoms with Crippen LogP contribution in [0.3, 0.4) is 0 Å². The minimum absolute atomic E-state index is 0.145. The van der Waals surface area contributed by atoms with Gasteiger partial charge in [0.05, 0.1) is 12.1 Å². The van der Waals surface area contributed by atoms with E-state index in [1.165, 1.54) is 24.3 Å². The van der Waals surface area contributed by atoms with Crippen molar-refractivity contribution in [3.63, 3.8) is 0 Å². The molecule has 0 bridgehead atoms. The summed E-state index contributed by atoms with van der Waals surface area (Å²) in [4.78, 5) is 12.3. The van der Waals surface area contributed by atoms with Gasteiger partial charge in [-0.1, -0.05) is 0 Å². The Kier molecular flexibility index (Phi) is 4.86. The van der Waals surface area contributed by atoms with Gasteiger partial charge >= 0.3 is 6.36 Å². The van der Waals surface area contributed by atoms with Gasteiger partial charge in [0.1, 0.15) is 5.75 Å². The molecule has 2 aromatic heterocycles. The zero-order valence-electron chi connectivity index (χ0n) is 15.8. The minimum atomic E-state index is -4.76. The molecule has 156 valence electrons. The summed E-state index contributed by atoms with van der Waals surface area (Å²) in [5.41, 5.74) is 2.37. The second-order valence-electron chi connectivity index (χ2n) is 6.63. The van der Waals surface area contributed by atoms with Gasteiger partial charge in [-0.25, -0.2) is 0 Å². The number of aliphatic hydroxyl groups excluding tert-OH is 1. The highest BCUT2D eigenvalue weighted by atomic mass is 19.4. The van der Waals surface area contributed by atoms with Crippen LogP contribution in [0.15, 0.2) is 48.7 Å². The zero-order valence-corrected chi connectivity index (χ0v) is 15.8. The molecule has 0 spiro atoms. The Morgan fingerprint density at radius 2 is 1.90 bits per heavy atom. The van der Waals surface area contributed by atoms with Crippen molar-refractivity contribution >= 4 is 27.8 Å². The van der Waals surface area contributed by atoms with E-state index >= 15 is 0 Å². The fourth-order valence-electron chi connectivity index (χ4n) is 3.36. The molecule has 7 nitrogen and oxygen atoms in total. The summed E-state index contributed by atoms with van der Waals surface area (Å²) >= 11 is 0. The molecule has 10 heteroatoms. The highest BCUT2D eigenvalue weighted by Crippen LogP contribution is 2.33. The van der Waals surface area contributed by atoms with Crippen molar-refractivity contribution in [3.05, 3.63) is 54.2 Å². The summed E-state index contributed by atoms with van der Waals surface area (Å²) in [6.45, 7) is -0.0161. The van der Waals surface area contributed by atoms with Gasteiger partial charge in [0.25, 0.3) is 5.91 Å². The normalized spacial score (nSPS) is 11.9. The summed E-state index contributed by atoms with van der Waals surface area (Å²) in [5, 5.41) is 17.5. The predicted octanol–water partition coefficient (Wildman–Crippen LogP) is 3.14. The highest BCUT2D eigenvalue weighted by molar-refractivity contribution is 6.10. The van der Waals surface area contributed by atoms with Gasteiger partial charge in [0.2, 0.25) is 0 Å². The maximum absolute atomic E-state index is 12.4. The van der Waals surface area contributed by atoms with E-state index in [1.807, 2.05) is 6.20 Å². The number of halogens is 3. The van der Waals surface area contributed by atoms with Crippen molar-refractivity contribution in [2.24, 2.45) is 7.05 Å². The number of ether oxygens (including phenoxy) is 1. The van der Waals surface area contributed by atoms with E-state index < -0.39 is 6.36 Å². The van der Waals surface area contributed by atoms with Crippen molar-refractivity contribution in [2.45, 2.75) is 6.36 Å². The van der Waals surface area contributed by atoms with Crippen LogP contribution in [0.1, 0.15) is 10.4 Å². The van der Waals surface area contributed by atoms with Crippen LogP contribution in [0.25, 0.3) is 27.6 Å². The Labute approximate surface area is 168 Å². The SMILES string of the molecule is Cn1cc2c3cc(C(=O)NCCO)ccc3n(-c3ccc(OC(F)(F)F)cc3)c2n1. The first kappa shape index (κ1) is 19.8. The van der Waals surface area contributed by atoms with Crippen molar-refractivity contribution in [2.75, 3.05) is 13.2 Å². The zero-order chi connectivity index (χ0) is 21.5. The number of benzene rings is 2. The Bertz CT molecular complexity index is 1230. The Balaban J connectivity index is 1.82. The maximum atomic E-state index is 12.4. The van der Waals surface area contributed by atoms with Crippen LogP contribution in [0, 0.1) is 0 Å². The monoisotopic (exact) mass is 418 g/mol. The van der Waals surface area contributed by atoms with E-state index in [4.69, 9.17) is 5.11 Å². The van der Waals surface area contributed by atoms with Gasteiger partial charge in [-0.15, -0.1) is 13.2 Å². The van der Waals surface area contributed by atoms with Crippen LogP contribution in [0.4, 0.5) is 13.2 Å². The summed E-state index contributed by atoms with van der Waals surface area (Å²) < 4.78 is 44.7. The third-order valence-electron chi connectivity index (χ3n) is 4.54. The Morgan fingerprint density at radius 3 is 2.57 bits per heavy atom. The van der Waals surface area contributed by atoms with Crippen LogP contribution in [-0.4, -0.2) is 44.9 Å². The lowest BCUT2D eigenvalue weighted by Crippen LogP contribution is -2.26. The Hall–Kier alpha value is -3.53. The number of carbonyl (C=O) groups excluding carboxylic acids is 1. The quantitative estimate of drug-likeness (QED) is 0.522. The molecule has 30 heavy (non-hydrogen) atoms. The fourth-order valence-corrected chi connectivity index (χ4v) is 3.36. The van der Waals surface area contributed by atoms with E-state index in [9.17, 15) is 18.0 Å². The predicted molar refractivity (Wildman–Crippen MR) is 104 cm³/mol. The first-order valence-corrected chi connectivity index (χ1v) is 9.00. The Morgan fingerprint density at radius 1 is 1.17 bits per heavy atom. The number of amides is 1. The van der Waals surface area contributed by atoms with E-state index in [-0.39, 0.29) is 24.8 Å². The average molecular weight is 418 g/mol. The average Bonchev–Trinajstić information content (AvgIpc) is 3.20. The molecule has 0 aliphatic heterocycles. The second-order valence-corrected chi connectivity index (χ2v) is 6.63. The molecule has 0 saturated heterocycles. The number of nitrogens with one attached hydrogen (secondary N) is 1. The van der Waals surface area contributed by atoms with Crippen LogP contribution in [0.2, 0.25) is 0 Å². The van der Waals surface area contributed by atoms with Gasteiger partial charge in [-0.3, -0.25) is 14.0 Å². The first-order valence-electron chi connectivity index (χ1n) is 9.00. The molecule has 0 radical (unpaired) electrons. The number of fused-ring (bicyclic) bond motifs is 3. The number of aromatic nitrogens is 3. The smallest absolute Gasteiger partial charge is 0.406 e. The van der Waals surface area contributed by atoms with Gasteiger partial charge in [0.15, 0.2) is 5.65 Å². The van der Waals surface area contributed by atoms with Crippen molar-refractivity contribution in [1.29, 1.82) is 0 Å². The number of hydrogen-bond donors (Lipinski definition) is 2. The third-order valence-corrected chi connectivity index (χ3v) is 4.54. The van der Waals surface area contributed by atoms with E-state index in [2.05, 4.69) is 15.2 Å². The minimum Gasteiger partial charge on any atom is -0.406 e. The van der Waals surface area contributed by atoms with Crippen LogP contribution in [-0.2, 0) is 7.05 Å². The lowest BCUT2D eigenvalue weighted by molar-refractivity contribution is -0.274. The molecule has 0 aliphatic rings. The van der Waals surface area contributed by atoms with Crippen LogP contribution < -0.4 is 10.1 Å². The topological polar surface area (TPSA) is 81.3 Å². The third kappa shape index (κ3) is 3.69. The molecule has 0 unspecified atom stereocenters. The summed E-state index contributed by atoms with van der Waals surface area (Å²) in [7, 11) is 1.76. The molecule has 0 saturated carbocycles. The molecule has 1 amide bonds. The van der Waals surface area contributed by atoms with E-state index in [0.29, 0.717) is 16.9 Å². The standard InChI is InChI=1S/C20H17F3N4O3/c1-26-11-16-15-10-12(19(29)24-8-9-28)2-7-17(15)27(18(16)25-26)13-3-5-14(6-4-13)30-20(21,22)23/h2-7,10-11,28H,8-9H2,1H3,(H,24,29). The lowest BCUT2D eigenvalue weighted by atomic mass is 10.1. The number of nitrogens with zero attached hydrogens (tertiary/aromatic N) is 3. The second kappa shape index (κ2) is 7.38. The molecule has 0 aliphatic carbocycles. The number of hydrogen-bond acceptors (Lipinski definition) is 4. The van der Waals surface area contributed by atoms with E-state index in [1.54, 1.807) is 34.5 Å². The molecule has 4 aromatic rings. The molecule has 4 rings (SSSR count). The number of aryl methyl sites for hydroxylation is 1. The molecule has 0 fully saturated rings. The summed E-state index contributed by atoms with van der Waals surface area (Å²) in [6.07, 6.45) is -2.95. The molecule has 2 N–H and O–H groups in total. The number of rotatable bonds is 5. The van der Waals surface area contributed by atoms with Gasteiger partial charge < -0.3 is 15.2 Å². The van der Waals surface area contributed by atoms with Crippen LogP contribution >= 0.6 is 0 Å². The summed E-state index contributed by atoms with van der Waals surface area (Å²) in [6, 6.07) is 10.6. The van der Waals surface area contributed by atoms with Crippen molar-refractivity contribution < 1.29 is 27.8 Å². The number of alkyl halides is 3. The van der Waals surface area contributed by atoms with Crippen molar-refractivity contribution in [3.8, 4) is 11.4 Å². The maximum Gasteiger partial charge on any atom is 0.573 e. The molecule has 0 atom stereocenters. The first-order chi connectivity index (χ1) is 14.3. The van der Waals surface area contributed by atoms with Crippen LogP contribution in [0.5, 0.6) is 5.75 Å². The highest BCUT2D eigenvalue weighted by Gasteiger charge is 2.31. The van der Waals surface area contributed by atoms with E-state index in [0.717, 1.165) is 16.3 Å².